The van der Waals surface area contributed by atoms with Gasteiger partial charge in [0.1, 0.15) is 0 Å². The minimum Gasteiger partial charge on any atom is -0.389 e. The van der Waals surface area contributed by atoms with Crippen LogP contribution >= 0.6 is 0 Å². The van der Waals surface area contributed by atoms with Crippen LogP contribution in [-0.2, 0) is 0 Å². The topological polar surface area (TPSA) is 133 Å². The predicted octanol–water partition coefficient (Wildman–Crippen LogP) is 1.07. The van der Waals surface area contributed by atoms with Crippen molar-refractivity contribution in [1.82, 2.24) is 4.98 Å². The molecule has 10 nitrogen and oxygen atoms in total. The van der Waals surface area contributed by atoms with Gasteiger partial charge in [0.05, 0.1) is 21.3 Å². The molecule has 0 aliphatic rings. The zero-order valence-corrected chi connectivity index (χ0v) is 10.4. The van der Waals surface area contributed by atoms with Gasteiger partial charge in [-0.15, -0.1) is 0 Å². The van der Waals surface area contributed by atoms with E-state index in [-0.39, 0.29) is 16.9 Å². The van der Waals surface area contributed by atoms with Gasteiger partial charge in [-0.3, -0.25) is 20.2 Å². The summed E-state index contributed by atoms with van der Waals surface area (Å²) in [6, 6.07) is 1.54. The van der Waals surface area contributed by atoms with Crippen LogP contribution in [0.15, 0.2) is 21.3 Å². The van der Waals surface area contributed by atoms with Crippen molar-refractivity contribution in [3.05, 3.63) is 42.8 Å². The Labute approximate surface area is 110 Å². The molecule has 0 radical (unpaired) electrons. The van der Waals surface area contributed by atoms with E-state index in [9.17, 15) is 25.0 Å². The first-order chi connectivity index (χ1) is 9.31. The summed E-state index contributed by atoms with van der Waals surface area (Å²) in [6.45, 7) is 0. The molecule has 0 fully saturated rings. The lowest BCUT2D eigenvalue weighted by Crippen LogP contribution is -2.15. The van der Waals surface area contributed by atoms with Gasteiger partial charge in [-0.2, -0.15) is 4.98 Å². The molecule has 10 heteroatoms. The van der Waals surface area contributed by atoms with Crippen LogP contribution in [0.2, 0.25) is 0 Å². The standard InChI is InChI=1S/C10H8N4O6/c1-12(2)10-11-8-6(9(15)20-10)3-5(13(16)17)4-7(8)14(18)19/h3-4H,1-2H3. The van der Waals surface area contributed by atoms with Crippen LogP contribution in [0.1, 0.15) is 0 Å². The van der Waals surface area contributed by atoms with Crippen LogP contribution in [0.25, 0.3) is 10.9 Å². The Kier molecular flexibility index (Phi) is 3.06. The number of fused-ring (bicyclic) bond motifs is 1. The fourth-order valence-electron chi connectivity index (χ4n) is 1.57. The van der Waals surface area contributed by atoms with Crippen molar-refractivity contribution in [3.8, 4) is 0 Å². The van der Waals surface area contributed by atoms with Gasteiger partial charge in [0, 0.05) is 20.2 Å². The lowest BCUT2D eigenvalue weighted by Gasteiger charge is -2.08. The molecule has 0 saturated carbocycles. The van der Waals surface area contributed by atoms with Gasteiger partial charge in [0.2, 0.25) is 0 Å². The molecule has 1 aromatic carbocycles. The number of benzene rings is 1. The van der Waals surface area contributed by atoms with Crippen molar-refractivity contribution in [2.45, 2.75) is 0 Å². The van der Waals surface area contributed by atoms with Gasteiger partial charge >= 0.3 is 11.3 Å². The average Bonchev–Trinajstić information content (AvgIpc) is 2.36. The van der Waals surface area contributed by atoms with Gasteiger partial charge in [-0.25, -0.2) is 4.79 Å². The highest BCUT2D eigenvalue weighted by atomic mass is 16.6. The molecule has 0 N–H and O–H groups in total. The molecule has 0 saturated heterocycles. The first kappa shape index (κ1) is 13.4. The van der Waals surface area contributed by atoms with Gasteiger partial charge in [0.15, 0.2) is 5.52 Å². The molecule has 1 heterocycles. The molecular weight excluding hydrogens is 272 g/mol. The van der Waals surface area contributed by atoms with Crippen LogP contribution < -0.4 is 10.5 Å². The Morgan fingerprint density at radius 3 is 2.35 bits per heavy atom. The van der Waals surface area contributed by atoms with Gasteiger partial charge in [-0.1, -0.05) is 0 Å². The summed E-state index contributed by atoms with van der Waals surface area (Å²) < 4.78 is 4.84. The molecule has 0 aliphatic carbocycles. The second-order valence-corrected chi connectivity index (χ2v) is 4.05. The van der Waals surface area contributed by atoms with Gasteiger partial charge in [-0.05, 0) is 0 Å². The Bertz CT molecular complexity index is 781. The number of nitro groups is 2. The first-order valence-electron chi connectivity index (χ1n) is 5.26. The van der Waals surface area contributed by atoms with Crippen molar-refractivity contribution in [2.75, 3.05) is 19.0 Å². The van der Waals surface area contributed by atoms with E-state index in [4.69, 9.17) is 4.42 Å². The minimum atomic E-state index is -0.925. The number of anilines is 1. The SMILES string of the molecule is CN(C)c1nc2c([N+](=O)[O-])cc([N+](=O)[O-])cc2c(=O)o1. The van der Waals surface area contributed by atoms with E-state index in [1.807, 2.05) is 0 Å². The fourth-order valence-corrected chi connectivity index (χ4v) is 1.57. The summed E-state index contributed by atoms with van der Waals surface area (Å²) in [7, 11) is 3.07. The zero-order chi connectivity index (χ0) is 15.0. The summed E-state index contributed by atoms with van der Waals surface area (Å²) in [5, 5.41) is 21.4. The average molecular weight is 280 g/mol. The van der Waals surface area contributed by atoms with Crippen LogP contribution in [0.3, 0.4) is 0 Å². The first-order valence-corrected chi connectivity index (χ1v) is 5.26. The summed E-state index contributed by atoms with van der Waals surface area (Å²) >= 11 is 0. The third-order valence-electron chi connectivity index (χ3n) is 2.48. The monoisotopic (exact) mass is 280 g/mol. The predicted molar refractivity (Wildman–Crippen MR) is 67.9 cm³/mol. The van der Waals surface area contributed by atoms with Crippen molar-refractivity contribution in [1.29, 1.82) is 0 Å². The highest BCUT2D eigenvalue weighted by Crippen LogP contribution is 2.28. The van der Waals surface area contributed by atoms with Crippen LogP contribution in [0, 0.1) is 20.2 Å². The summed E-state index contributed by atoms with van der Waals surface area (Å²) in [5.41, 5.74) is -2.37. The molecule has 0 atom stereocenters. The van der Waals surface area contributed by atoms with Gasteiger partial charge in [0.25, 0.3) is 11.7 Å². The number of hydrogen-bond acceptors (Lipinski definition) is 8. The summed E-state index contributed by atoms with van der Waals surface area (Å²) in [5.74, 6) is 0. The number of hydrogen-bond donors (Lipinski definition) is 0. The second-order valence-electron chi connectivity index (χ2n) is 4.05. The number of nitrogens with zero attached hydrogens (tertiary/aromatic N) is 4. The van der Waals surface area contributed by atoms with E-state index in [2.05, 4.69) is 4.98 Å². The molecule has 20 heavy (non-hydrogen) atoms. The summed E-state index contributed by atoms with van der Waals surface area (Å²) in [6.07, 6.45) is 0. The van der Waals surface area contributed by atoms with E-state index in [0.717, 1.165) is 12.1 Å². The molecule has 104 valence electrons. The molecule has 2 rings (SSSR count). The van der Waals surface area contributed by atoms with Crippen molar-refractivity contribution >= 4 is 28.3 Å². The number of rotatable bonds is 3. The van der Waals surface area contributed by atoms with Crippen molar-refractivity contribution in [3.63, 3.8) is 0 Å². The Hall–Kier alpha value is -3.04. The maximum Gasteiger partial charge on any atom is 0.348 e. The highest BCUT2D eigenvalue weighted by molar-refractivity contribution is 5.89. The molecule has 0 aliphatic heterocycles. The van der Waals surface area contributed by atoms with E-state index in [1.165, 1.54) is 19.0 Å². The molecule has 0 amide bonds. The highest BCUT2D eigenvalue weighted by Gasteiger charge is 2.24. The van der Waals surface area contributed by atoms with Crippen LogP contribution in [0.5, 0.6) is 0 Å². The van der Waals surface area contributed by atoms with E-state index in [0.29, 0.717) is 0 Å². The third-order valence-corrected chi connectivity index (χ3v) is 2.48. The molecular formula is C10H8N4O6. The van der Waals surface area contributed by atoms with Crippen molar-refractivity contribution < 1.29 is 14.3 Å². The Balaban J connectivity index is 2.94. The quantitative estimate of drug-likeness (QED) is 0.602. The van der Waals surface area contributed by atoms with E-state index >= 15 is 0 Å². The third kappa shape index (κ3) is 2.13. The lowest BCUT2D eigenvalue weighted by molar-refractivity contribution is -0.393. The summed E-state index contributed by atoms with van der Waals surface area (Å²) in [4.78, 5) is 37.0. The van der Waals surface area contributed by atoms with Crippen LogP contribution in [0.4, 0.5) is 17.4 Å². The zero-order valence-electron chi connectivity index (χ0n) is 10.4. The van der Waals surface area contributed by atoms with E-state index in [1.54, 1.807) is 0 Å². The molecule has 0 unspecified atom stereocenters. The number of non-ortho nitro benzene ring substituents is 2. The Morgan fingerprint density at radius 2 is 1.85 bits per heavy atom. The smallest absolute Gasteiger partial charge is 0.348 e. The van der Waals surface area contributed by atoms with Crippen LogP contribution in [-0.4, -0.2) is 28.9 Å². The maximum atomic E-state index is 11.8. The Morgan fingerprint density at radius 1 is 1.20 bits per heavy atom. The maximum absolute atomic E-state index is 11.8. The van der Waals surface area contributed by atoms with Crippen molar-refractivity contribution in [2.24, 2.45) is 0 Å². The largest absolute Gasteiger partial charge is 0.389 e. The number of aromatic nitrogens is 1. The second kappa shape index (κ2) is 4.57. The normalized spacial score (nSPS) is 10.5. The number of nitro benzene ring substituents is 2. The fraction of sp³-hybridized carbons (Fsp3) is 0.200. The molecule has 0 bridgehead atoms. The lowest BCUT2D eigenvalue weighted by atomic mass is 10.2. The molecule has 1 aromatic heterocycles. The molecule has 0 spiro atoms. The van der Waals surface area contributed by atoms with E-state index < -0.39 is 26.8 Å². The minimum absolute atomic E-state index is 0.126. The molecule has 2 aromatic rings. The van der Waals surface area contributed by atoms with Gasteiger partial charge < -0.3 is 9.32 Å².